The van der Waals surface area contributed by atoms with Crippen LogP contribution in [0.1, 0.15) is 45.8 Å². The number of hydrogen-bond donors (Lipinski definition) is 0. The zero-order chi connectivity index (χ0) is 24.2. The van der Waals surface area contributed by atoms with E-state index >= 15 is 0 Å². The fourth-order valence-electron chi connectivity index (χ4n) is 4.48. The predicted molar refractivity (Wildman–Crippen MR) is 136 cm³/mol. The minimum absolute atomic E-state index is 0.0446. The molecule has 1 aliphatic heterocycles. The number of fused-ring (bicyclic) bond motifs is 1. The molecule has 1 atom stereocenters. The van der Waals surface area contributed by atoms with E-state index in [1.165, 1.54) is 5.56 Å². The summed E-state index contributed by atoms with van der Waals surface area (Å²) in [5.74, 6) is 0.692. The van der Waals surface area contributed by atoms with Gasteiger partial charge < -0.3 is 14.4 Å². The van der Waals surface area contributed by atoms with Crippen molar-refractivity contribution < 1.29 is 14.3 Å². The lowest BCUT2D eigenvalue weighted by Gasteiger charge is -2.25. The molecule has 0 N–H and O–H groups in total. The Hall–Kier alpha value is -3.23. The van der Waals surface area contributed by atoms with Gasteiger partial charge in [0, 0.05) is 43.6 Å². The summed E-state index contributed by atoms with van der Waals surface area (Å²) >= 11 is 1.70. The van der Waals surface area contributed by atoms with Crippen molar-refractivity contribution >= 4 is 22.9 Å². The molecule has 5 rings (SSSR count). The van der Waals surface area contributed by atoms with Crippen LogP contribution < -0.4 is 4.74 Å². The Kier molecular flexibility index (Phi) is 7.11. The number of thiophene rings is 1. The first-order chi connectivity index (χ1) is 17.0. The lowest BCUT2D eigenvalue weighted by Crippen LogP contribution is -2.37. The number of aryl methyl sites for hydroxylation is 2. The summed E-state index contributed by atoms with van der Waals surface area (Å²) in [6.07, 6.45) is 2.90. The number of carbonyl (C=O) groups is 1. The molecule has 7 nitrogen and oxygen atoms in total. The van der Waals surface area contributed by atoms with E-state index in [1.807, 2.05) is 49.1 Å². The second-order valence-corrected chi connectivity index (χ2v) is 9.82. The summed E-state index contributed by atoms with van der Waals surface area (Å²) in [4.78, 5) is 20.0. The molecule has 0 aliphatic carbocycles. The van der Waals surface area contributed by atoms with E-state index < -0.39 is 0 Å². The average molecular weight is 491 g/mol. The maximum absolute atomic E-state index is 13.6. The predicted octanol–water partition coefficient (Wildman–Crippen LogP) is 4.85. The highest BCUT2D eigenvalue weighted by Crippen LogP contribution is 2.21. The molecule has 1 fully saturated rings. The number of ether oxygens (including phenoxy) is 2. The van der Waals surface area contributed by atoms with Crippen LogP contribution in [0.3, 0.4) is 0 Å². The molecule has 0 radical (unpaired) electrons. The Bertz CT molecular complexity index is 1300. The summed E-state index contributed by atoms with van der Waals surface area (Å²) in [6.45, 7) is 6.27. The van der Waals surface area contributed by atoms with Crippen LogP contribution in [0.25, 0.3) is 5.65 Å². The zero-order valence-electron chi connectivity index (χ0n) is 20.1. The Morgan fingerprint density at radius 1 is 1.23 bits per heavy atom. The molecule has 1 amide bonds. The summed E-state index contributed by atoms with van der Waals surface area (Å²) in [5.41, 5.74) is 5.23. The first-order valence-corrected chi connectivity index (χ1v) is 13.0. The Morgan fingerprint density at radius 2 is 2.14 bits per heavy atom. The lowest BCUT2D eigenvalue weighted by atomic mass is 10.1. The molecule has 3 aromatic heterocycles. The van der Waals surface area contributed by atoms with Gasteiger partial charge in [0.25, 0.3) is 5.91 Å². The van der Waals surface area contributed by atoms with E-state index in [9.17, 15) is 4.79 Å². The molecule has 1 aliphatic rings. The van der Waals surface area contributed by atoms with Gasteiger partial charge in [-0.2, -0.15) is 16.4 Å². The minimum atomic E-state index is -0.119. The molecule has 8 heteroatoms. The summed E-state index contributed by atoms with van der Waals surface area (Å²) in [6, 6.07) is 13.8. The van der Waals surface area contributed by atoms with E-state index in [-0.39, 0.29) is 12.0 Å². The lowest BCUT2D eigenvalue weighted by molar-refractivity contribution is 0.0502. The molecule has 0 saturated carbocycles. The second-order valence-electron chi connectivity index (χ2n) is 9.04. The van der Waals surface area contributed by atoms with Gasteiger partial charge in [-0.1, -0.05) is 12.1 Å². The van der Waals surface area contributed by atoms with Crippen LogP contribution in [0.4, 0.5) is 0 Å². The van der Waals surface area contributed by atoms with Crippen molar-refractivity contribution in [1.82, 2.24) is 19.5 Å². The second kappa shape index (κ2) is 10.6. The van der Waals surface area contributed by atoms with Crippen molar-refractivity contribution in [3.63, 3.8) is 0 Å². The van der Waals surface area contributed by atoms with Crippen LogP contribution in [0, 0.1) is 13.8 Å². The molecular weight excluding hydrogens is 460 g/mol. The number of aromatic nitrogens is 3. The highest BCUT2D eigenvalue weighted by atomic mass is 32.1. The molecule has 1 aromatic carbocycles. The highest BCUT2D eigenvalue weighted by Gasteiger charge is 2.26. The number of rotatable bonds is 9. The highest BCUT2D eigenvalue weighted by molar-refractivity contribution is 7.07. The van der Waals surface area contributed by atoms with Crippen LogP contribution in [-0.2, 0) is 17.7 Å². The molecule has 0 bridgehead atoms. The largest absolute Gasteiger partial charge is 0.493 e. The standard InChI is InChI=1S/C27H30N4O3S/c1-19-13-20(2)31-26(28-19)15-25(29-31)27(32)30(17-24-7-4-10-33-24)16-22-5-3-6-23(14-22)34-11-8-21-9-12-35-18-21/h3,5-6,9,12-15,18,24H,4,7-8,10-11,16-17H2,1-2H3/t24-/m1/s1. The molecule has 4 aromatic rings. The molecule has 0 unspecified atom stereocenters. The average Bonchev–Trinajstić information content (AvgIpc) is 3.61. The summed E-state index contributed by atoms with van der Waals surface area (Å²) < 4.78 is 13.6. The van der Waals surface area contributed by atoms with Crippen LogP contribution in [0.5, 0.6) is 5.75 Å². The van der Waals surface area contributed by atoms with Gasteiger partial charge in [-0.3, -0.25) is 4.79 Å². The molecular formula is C27H30N4O3S. The number of nitrogens with zero attached hydrogens (tertiary/aromatic N) is 4. The Morgan fingerprint density at radius 3 is 2.94 bits per heavy atom. The molecule has 1 saturated heterocycles. The van der Waals surface area contributed by atoms with Gasteiger partial charge >= 0.3 is 0 Å². The van der Waals surface area contributed by atoms with E-state index in [0.29, 0.717) is 31.0 Å². The third kappa shape index (κ3) is 5.71. The number of benzene rings is 1. The van der Waals surface area contributed by atoms with E-state index in [2.05, 4.69) is 26.9 Å². The molecule has 182 valence electrons. The Labute approximate surface area is 209 Å². The van der Waals surface area contributed by atoms with Crippen LogP contribution in [-0.4, -0.2) is 51.3 Å². The topological polar surface area (TPSA) is 69.0 Å². The zero-order valence-corrected chi connectivity index (χ0v) is 21.0. The van der Waals surface area contributed by atoms with E-state index in [0.717, 1.165) is 48.6 Å². The van der Waals surface area contributed by atoms with Crippen LogP contribution in [0.2, 0.25) is 0 Å². The first kappa shape index (κ1) is 23.5. The van der Waals surface area contributed by atoms with Crippen molar-refractivity contribution in [2.24, 2.45) is 0 Å². The number of amides is 1. The fourth-order valence-corrected chi connectivity index (χ4v) is 5.19. The molecule has 4 heterocycles. The van der Waals surface area contributed by atoms with Gasteiger partial charge in [0.05, 0.1) is 12.7 Å². The fraction of sp³-hybridized carbons (Fsp3) is 0.370. The van der Waals surface area contributed by atoms with Crippen molar-refractivity contribution in [1.29, 1.82) is 0 Å². The van der Waals surface area contributed by atoms with Crippen molar-refractivity contribution in [2.75, 3.05) is 19.8 Å². The van der Waals surface area contributed by atoms with Gasteiger partial charge in [0.2, 0.25) is 0 Å². The maximum atomic E-state index is 13.6. The van der Waals surface area contributed by atoms with Crippen LogP contribution >= 0.6 is 11.3 Å². The summed E-state index contributed by atoms with van der Waals surface area (Å²) in [7, 11) is 0. The third-order valence-electron chi connectivity index (χ3n) is 6.20. The third-order valence-corrected chi connectivity index (χ3v) is 6.93. The minimum Gasteiger partial charge on any atom is -0.493 e. The van der Waals surface area contributed by atoms with Crippen LogP contribution in [0.15, 0.2) is 53.2 Å². The number of hydrogen-bond acceptors (Lipinski definition) is 6. The van der Waals surface area contributed by atoms with Crippen molar-refractivity contribution in [3.05, 3.63) is 81.4 Å². The first-order valence-electron chi connectivity index (χ1n) is 12.0. The van der Waals surface area contributed by atoms with Gasteiger partial charge in [-0.15, -0.1) is 0 Å². The van der Waals surface area contributed by atoms with Gasteiger partial charge in [0.1, 0.15) is 5.75 Å². The maximum Gasteiger partial charge on any atom is 0.274 e. The van der Waals surface area contributed by atoms with Crippen molar-refractivity contribution in [2.45, 2.75) is 45.8 Å². The van der Waals surface area contributed by atoms with Gasteiger partial charge in [0.15, 0.2) is 11.3 Å². The van der Waals surface area contributed by atoms with Gasteiger partial charge in [-0.05, 0) is 72.8 Å². The number of carbonyl (C=O) groups excluding carboxylic acids is 1. The van der Waals surface area contributed by atoms with Crippen molar-refractivity contribution in [3.8, 4) is 5.75 Å². The smallest absolute Gasteiger partial charge is 0.274 e. The normalized spacial score (nSPS) is 15.5. The van der Waals surface area contributed by atoms with E-state index in [1.54, 1.807) is 21.9 Å². The van der Waals surface area contributed by atoms with Gasteiger partial charge in [-0.25, -0.2) is 9.50 Å². The monoisotopic (exact) mass is 490 g/mol. The quantitative estimate of drug-likeness (QED) is 0.335. The summed E-state index contributed by atoms with van der Waals surface area (Å²) in [5, 5.41) is 8.80. The van der Waals surface area contributed by atoms with E-state index in [4.69, 9.17) is 9.47 Å². The SMILES string of the molecule is Cc1cc(C)n2nc(C(=O)N(Cc3cccc(OCCc4ccsc4)c3)C[C@H]3CCCO3)cc2n1. The Balaban J connectivity index is 1.33. The molecule has 0 spiro atoms. The molecule has 35 heavy (non-hydrogen) atoms.